The van der Waals surface area contributed by atoms with Gasteiger partial charge in [-0.1, -0.05) is 6.92 Å². The lowest BCUT2D eigenvalue weighted by Crippen LogP contribution is -2.37. The largest absolute Gasteiger partial charge is 0.473 e. The van der Waals surface area contributed by atoms with Crippen molar-refractivity contribution in [1.29, 1.82) is 0 Å². The average molecular weight is 481 g/mol. The van der Waals surface area contributed by atoms with Gasteiger partial charge in [-0.2, -0.15) is 0 Å². The Hall–Kier alpha value is -3.18. The minimum atomic E-state index is -1.82. The summed E-state index contributed by atoms with van der Waals surface area (Å²) in [6, 6.07) is 3.23. The molecule has 2 atom stereocenters. The van der Waals surface area contributed by atoms with Gasteiger partial charge in [0, 0.05) is 4.88 Å². The number of nitrogens with one attached hydrogen (secondary N) is 2. The lowest BCUT2D eigenvalue weighted by molar-refractivity contribution is -0.159. The number of hydrogen-bond acceptors (Lipinski definition) is 8. The Bertz CT molecular complexity index is 971. The number of carboxylic acids is 2. The summed E-state index contributed by atoms with van der Waals surface area (Å²) < 4.78 is 10.5. The topological polar surface area (TPSA) is 155 Å². The van der Waals surface area contributed by atoms with Crippen molar-refractivity contribution in [3.05, 3.63) is 40.2 Å². The van der Waals surface area contributed by atoms with E-state index >= 15 is 0 Å². The van der Waals surface area contributed by atoms with Gasteiger partial charge in [0.2, 0.25) is 5.91 Å². The van der Waals surface area contributed by atoms with E-state index < -0.39 is 18.0 Å². The van der Waals surface area contributed by atoms with E-state index in [1.165, 1.54) is 16.2 Å². The fourth-order valence-corrected chi connectivity index (χ4v) is 4.64. The molecule has 0 bridgehead atoms. The quantitative estimate of drug-likeness (QED) is 0.346. The first-order valence-corrected chi connectivity index (χ1v) is 11.3. The van der Waals surface area contributed by atoms with Crippen molar-refractivity contribution in [2.45, 2.75) is 52.6 Å². The van der Waals surface area contributed by atoms with Crippen LogP contribution in [0, 0.1) is 5.92 Å². The third-order valence-electron chi connectivity index (χ3n) is 4.97. The van der Waals surface area contributed by atoms with Crippen LogP contribution in [0.4, 0.5) is 5.00 Å². The normalized spacial score (nSPS) is 15.4. The van der Waals surface area contributed by atoms with Gasteiger partial charge < -0.3 is 24.7 Å². The Balaban J connectivity index is 0.000000569. The zero-order valence-corrected chi connectivity index (χ0v) is 19.5. The number of rotatable bonds is 7. The summed E-state index contributed by atoms with van der Waals surface area (Å²) in [6.07, 6.45) is 4.44. The van der Waals surface area contributed by atoms with Crippen molar-refractivity contribution < 1.29 is 38.5 Å². The molecule has 0 spiro atoms. The van der Waals surface area contributed by atoms with Crippen LogP contribution in [-0.4, -0.2) is 46.7 Å². The van der Waals surface area contributed by atoms with Crippen molar-refractivity contribution in [2.24, 2.45) is 5.92 Å². The van der Waals surface area contributed by atoms with Gasteiger partial charge in [0.1, 0.15) is 10.8 Å². The van der Waals surface area contributed by atoms with Gasteiger partial charge in [-0.05, 0) is 56.7 Å². The number of esters is 1. The van der Waals surface area contributed by atoms with Gasteiger partial charge in [0.25, 0.3) is 0 Å². The summed E-state index contributed by atoms with van der Waals surface area (Å²) in [5.41, 5.74) is 1.58. The van der Waals surface area contributed by atoms with Gasteiger partial charge in [0.15, 0.2) is 0 Å². The second kappa shape index (κ2) is 12.2. The number of thiophene rings is 1. The molecule has 33 heavy (non-hydrogen) atoms. The summed E-state index contributed by atoms with van der Waals surface area (Å²) >= 11 is 1.50. The fourth-order valence-electron chi connectivity index (χ4n) is 3.24. The number of carbonyl (C=O) groups excluding carboxylic acids is 2. The summed E-state index contributed by atoms with van der Waals surface area (Å²) in [7, 11) is 0. The molecule has 2 heterocycles. The highest BCUT2D eigenvalue weighted by Crippen LogP contribution is 2.40. The third kappa shape index (κ3) is 7.43. The lowest BCUT2D eigenvalue weighted by atomic mass is 9.88. The van der Waals surface area contributed by atoms with E-state index in [9.17, 15) is 9.59 Å². The summed E-state index contributed by atoms with van der Waals surface area (Å²) in [6.45, 7) is 6.57. The number of furan rings is 1. The Morgan fingerprint density at radius 1 is 1.27 bits per heavy atom. The Kier molecular flexibility index (Phi) is 9.61. The fraction of sp³-hybridized carbons (Fsp3) is 0.455. The third-order valence-corrected chi connectivity index (χ3v) is 6.14. The standard InChI is InChI=1S/C20H26N2O4S.C2H2O4/c1-4-25-20(24)17-15-8-7-12(2)10-16(15)27-19(17)22-18(23)13(3)21-11-14-6-5-9-26-14;3-1(4)2(5)6/h5-6,9,12-13,21H,4,7-8,10-11H2,1-3H3,(H,22,23);(H,3,4)(H,5,6). The number of fused-ring (bicyclic) bond motifs is 1. The molecule has 0 saturated carbocycles. The van der Waals surface area contributed by atoms with Crippen LogP contribution in [0.3, 0.4) is 0 Å². The monoisotopic (exact) mass is 480 g/mol. The minimum Gasteiger partial charge on any atom is -0.473 e. The first kappa shape index (κ1) is 26.1. The molecular formula is C22H28N2O8S. The zero-order chi connectivity index (χ0) is 24.5. The van der Waals surface area contributed by atoms with E-state index in [4.69, 9.17) is 29.0 Å². The number of carboxylic acid groups (broad SMARTS) is 2. The molecule has 0 radical (unpaired) electrons. The summed E-state index contributed by atoms with van der Waals surface area (Å²) in [5, 5.41) is 21.5. The van der Waals surface area contributed by atoms with Gasteiger partial charge in [-0.25, -0.2) is 14.4 Å². The zero-order valence-electron chi connectivity index (χ0n) is 18.7. The van der Waals surface area contributed by atoms with Crippen LogP contribution in [0.15, 0.2) is 22.8 Å². The van der Waals surface area contributed by atoms with Gasteiger partial charge in [-0.3, -0.25) is 10.1 Å². The van der Waals surface area contributed by atoms with Crippen molar-refractivity contribution in [2.75, 3.05) is 11.9 Å². The van der Waals surface area contributed by atoms with Crippen LogP contribution in [-0.2, 0) is 38.5 Å². The van der Waals surface area contributed by atoms with Crippen LogP contribution in [0.25, 0.3) is 0 Å². The van der Waals surface area contributed by atoms with Crippen LogP contribution in [0.1, 0.15) is 53.8 Å². The van der Waals surface area contributed by atoms with E-state index in [2.05, 4.69) is 17.6 Å². The van der Waals surface area contributed by atoms with E-state index in [0.29, 0.717) is 29.6 Å². The van der Waals surface area contributed by atoms with Crippen molar-refractivity contribution >= 4 is 40.2 Å². The average Bonchev–Trinajstić information content (AvgIpc) is 3.39. The van der Waals surface area contributed by atoms with Crippen LogP contribution >= 0.6 is 11.3 Å². The Morgan fingerprint density at radius 2 is 1.97 bits per heavy atom. The molecule has 1 aliphatic carbocycles. The SMILES string of the molecule is CCOC(=O)c1c(NC(=O)C(C)NCc2ccco2)sc2c1CCC(C)C2.O=C(O)C(=O)O. The predicted octanol–water partition coefficient (Wildman–Crippen LogP) is 2.92. The molecule has 10 nitrogen and oxygen atoms in total. The van der Waals surface area contributed by atoms with Crippen LogP contribution in [0.2, 0.25) is 0 Å². The highest BCUT2D eigenvalue weighted by atomic mass is 32.1. The number of amides is 1. The second-order valence-electron chi connectivity index (χ2n) is 7.56. The molecule has 0 saturated heterocycles. The number of ether oxygens (including phenoxy) is 1. The number of anilines is 1. The van der Waals surface area contributed by atoms with Gasteiger partial charge in [-0.15, -0.1) is 11.3 Å². The molecule has 2 aromatic heterocycles. The molecule has 4 N–H and O–H groups in total. The number of carbonyl (C=O) groups is 4. The lowest BCUT2D eigenvalue weighted by Gasteiger charge is -2.18. The second-order valence-corrected chi connectivity index (χ2v) is 8.66. The van der Waals surface area contributed by atoms with Crippen LogP contribution < -0.4 is 10.6 Å². The molecule has 1 amide bonds. The summed E-state index contributed by atoms with van der Waals surface area (Å²) in [5.74, 6) is -2.83. The molecule has 0 aliphatic heterocycles. The highest BCUT2D eigenvalue weighted by Gasteiger charge is 2.29. The van der Waals surface area contributed by atoms with Crippen molar-refractivity contribution in [3.8, 4) is 0 Å². The van der Waals surface area contributed by atoms with Crippen molar-refractivity contribution in [1.82, 2.24) is 5.32 Å². The van der Waals surface area contributed by atoms with Gasteiger partial charge in [0.05, 0.1) is 31.0 Å². The van der Waals surface area contributed by atoms with Crippen molar-refractivity contribution in [3.63, 3.8) is 0 Å². The molecule has 3 rings (SSSR count). The number of aliphatic carboxylic acids is 2. The molecule has 11 heteroatoms. The molecule has 0 fully saturated rings. The molecule has 2 aromatic rings. The molecule has 2 unspecified atom stereocenters. The van der Waals surface area contributed by atoms with Gasteiger partial charge >= 0.3 is 17.9 Å². The Labute approximate surface area is 194 Å². The highest BCUT2D eigenvalue weighted by molar-refractivity contribution is 7.17. The van der Waals surface area contributed by atoms with E-state index in [0.717, 1.165) is 30.6 Å². The summed E-state index contributed by atoms with van der Waals surface area (Å²) in [4.78, 5) is 44.5. The smallest absolute Gasteiger partial charge is 0.414 e. The molecule has 0 aromatic carbocycles. The van der Waals surface area contributed by atoms with E-state index in [1.54, 1.807) is 20.1 Å². The molecular weight excluding hydrogens is 452 g/mol. The minimum absolute atomic E-state index is 0.182. The maximum atomic E-state index is 12.6. The van der Waals surface area contributed by atoms with Crippen LogP contribution in [0.5, 0.6) is 0 Å². The molecule has 1 aliphatic rings. The first-order valence-electron chi connectivity index (χ1n) is 10.5. The maximum absolute atomic E-state index is 12.6. The number of hydrogen-bond donors (Lipinski definition) is 4. The van der Waals surface area contributed by atoms with E-state index in [-0.39, 0.29) is 11.9 Å². The van der Waals surface area contributed by atoms with E-state index in [1.807, 2.05) is 12.1 Å². The molecule has 180 valence electrons. The predicted molar refractivity (Wildman–Crippen MR) is 120 cm³/mol. The Morgan fingerprint density at radius 3 is 2.55 bits per heavy atom. The first-order chi connectivity index (χ1) is 15.6. The maximum Gasteiger partial charge on any atom is 0.414 e.